The van der Waals surface area contributed by atoms with Gasteiger partial charge in [0.25, 0.3) is 0 Å². The minimum Gasteiger partial charge on any atom is -0.385 e. The highest BCUT2D eigenvalue weighted by Crippen LogP contribution is 2.44. The van der Waals surface area contributed by atoms with Gasteiger partial charge in [0, 0.05) is 30.8 Å². The number of pyridine rings is 1. The number of fused-ring (bicyclic) bond motifs is 2. The fourth-order valence-electron chi connectivity index (χ4n) is 3.09. The Kier molecular flexibility index (Phi) is 2.26. The summed E-state index contributed by atoms with van der Waals surface area (Å²) < 4.78 is 5.77. The number of hydrogen-bond acceptors (Lipinski definition) is 3. The van der Waals surface area contributed by atoms with E-state index in [0.29, 0.717) is 0 Å². The van der Waals surface area contributed by atoms with Crippen molar-refractivity contribution in [1.29, 1.82) is 0 Å². The monoisotopic (exact) mass is 219 g/mol. The van der Waals surface area contributed by atoms with E-state index < -0.39 is 5.60 Å². The van der Waals surface area contributed by atoms with E-state index in [1.807, 2.05) is 13.0 Å². The second-order valence-electron chi connectivity index (χ2n) is 5.09. The van der Waals surface area contributed by atoms with Gasteiger partial charge in [0.15, 0.2) is 0 Å². The zero-order valence-corrected chi connectivity index (χ0v) is 9.52. The lowest BCUT2D eigenvalue weighted by Crippen LogP contribution is -2.39. The fraction of sp³-hybridized carbons (Fsp3) is 0.615. The first-order valence-electron chi connectivity index (χ1n) is 5.96. The predicted molar refractivity (Wildman–Crippen MR) is 60.0 cm³/mol. The molecule has 86 valence electrons. The average Bonchev–Trinajstić information content (AvgIpc) is 2.59. The van der Waals surface area contributed by atoms with Crippen molar-refractivity contribution >= 4 is 0 Å². The van der Waals surface area contributed by atoms with Gasteiger partial charge in [-0.2, -0.15) is 0 Å². The molecule has 3 rings (SSSR count). The lowest BCUT2D eigenvalue weighted by atomic mass is 9.82. The number of nitrogens with zero attached hydrogens (tertiary/aromatic N) is 1. The highest BCUT2D eigenvalue weighted by molar-refractivity contribution is 5.29. The van der Waals surface area contributed by atoms with Crippen molar-refractivity contribution in [2.75, 3.05) is 0 Å². The summed E-state index contributed by atoms with van der Waals surface area (Å²) in [5.74, 6) is 0. The Morgan fingerprint density at radius 1 is 1.38 bits per heavy atom. The quantitative estimate of drug-likeness (QED) is 0.784. The molecule has 0 saturated carbocycles. The van der Waals surface area contributed by atoms with Crippen LogP contribution < -0.4 is 0 Å². The predicted octanol–water partition coefficient (Wildman–Crippen LogP) is 1.92. The van der Waals surface area contributed by atoms with Crippen LogP contribution in [0.1, 0.15) is 36.8 Å². The average molecular weight is 219 g/mol. The number of hydrogen-bond donors (Lipinski definition) is 1. The summed E-state index contributed by atoms with van der Waals surface area (Å²) in [5.41, 5.74) is 1.39. The Morgan fingerprint density at radius 2 is 2.06 bits per heavy atom. The molecule has 2 saturated heterocycles. The fourth-order valence-corrected chi connectivity index (χ4v) is 3.09. The molecule has 2 aliphatic heterocycles. The summed E-state index contributed by atoms with van der Waals surface area (Å²) >= 11 is 0. The molecule has 3 nitrogen and oxygen atoms in total. The van der Waals surface area contributed by atoms with E-state index in [0.717, 1.165) is 36.8 Å². The molecule has 0 aromatic carbocycles. The van der Waals surface area contributed by atoms with Gasteiger partial charge in [-0.05, 0) is 31.4 Å². The molecular weight excluding hydrogens is 202 g/mol. The van der Waals surface area contributed by atoms with E-state index in [2.05, 4.69) is 4.98 Å². The molecule has 2 fully saturated rings. The molecule has 0 amide bonds. The summed E-state index contributed by atoms with van der Waals surface area (Å²) in [6.07, 6.45) is 7.67. The number of ether oxygens (including phenoxy) is 1. The summed E-state index contributed by atoms with van der Waals surface area (Å²) in [7, 11) is 0. The van der Waals surface area contributed by atoms with E-state index in [9.17, 15) is 5.11 Å². The van der Waals surface area contributed by atoms with Gasteiger partial charge in [0.2, 0.25) is 0 Å². The van der Waals surface area contributed by atoms with Crippen LogP contribution in [0.15, 0.2) is 18.5 Å². The molecule has 0 aliphatic carbocycles. The first-order chi connectivity index (χ1) is 7.67. The van der Waals surface area contributed by atoms with Gasteiger partial charge in [0.1, 0.15) is 0 Å². The standard InChI is InChI=1S/C13H17NO2/c1-9-4-5-14-8-12(9)13(15)6-10-2-3-11(7-13)16-10/h4-5,8,10-11,15H,2-3,6-7H2,1H3. The largest absolute Gasteiger partial charge is 0.385 e. The third-order valence-electron chi connectivity index (χ3n) is 3.87. The molecule has 3 heterocycles. The van der Waals surface area contributed by atoms with Crippen LogP contribution in [-0.4, -0.2) is 22.3 Å². The molecule has 16 heavy (non-hydrogen) atoms. The Hall–Kier alpha value is -0.930. The normalized spacial score (nSPS) is 37.6. The van der Waals surface area contributed by atoms with Crippen molar-refractivity contribution in [2.24, 2.45) is 0 Å². The molecule has 0 spiro atoms. The van der Waals surface area contributed by atoms with Gasteiger partial charge >= 0.3 is 0 Å². The molecule has 2 unspecified atom stereocenters. The van der Waals surface area contributed by atoms with Crippen molar-refractivity contribution in [1.82, 2.24) is 4.98 Å². The van der Waals surface area contributed by atoms with Crippen LogP contribution in [0.2, 0.25) is 0 Å². The van der Waals surface area contributed by atoms with Crippen molar-refractivity contribution in [3.63, 3.8) is 0 Å². The topological polar surface area (TPSA) is 42.4 Å². The van der Waals surface area contributed by atoms with Gasteiger partial charge in [0.05, 0.1) is 17.8 Å². The van der Waals surface area contributed by atoms with Crippen LogP contribution in [0.25, 0.3) is 0 Å². The van der Waals surface area contributed by atoms with Gasteiger partial charge in [-0.25, -0.2) is 0 Å². The third kappa shape index (κ3) is 1.55. The lowest BCUT2D eigenvalue weighted by Gasteiger charge is -2.37. The Morgan fingerprint density at radius 3 is 2.69 bits per heavy atom. The van der Waals surface area contributed by atoms with E-state index >= 15 is 0 Å². The summed E-state index contributed by atoms with van der Waals surface area (Å²) in [6.45, 7) is 2.03. The third-order valence-corrected chi connectivity index (χ3v) is 3.87. The summed E-state index contributed by atoms with van der Waals surface area (Å²) in [4.78, 5) is 4.14. The molecule has 2 bridgehead atoms. The minimum absolute atomic E-state index is 0.239. The van der Waals surface area contributed by atoms with Crippen molar-refractivity contribution < 1.29 is 9.84 Å². The van der Waals surface area contributed by atoms with Crippen LogP contribution in [0.5, 0.6) is 0 Å². The first-order valence-corrected chi connectivity index (χ1v) is 5.96. The van der Waals surface area contributed by atoms with E-state index in [4.69, 9.17) is 4.74 Å². The summed E-state index contributed by atoms with van der Waals surface area (Å²) in [6, 6.07) is 1.96. The smallest absolute Gasteiger partial charge is 0.0963 e. The number of rotatable bonds is 1. The zero-order chi connectivity index (χ0) is 11.2. The SMILES string of the molecule is Cc1ccncc1C1(O)CC2CCC(C1)O2. The maximum Gasteiger partial charge on any atom is 0.0963 e. The van der Waals surface area contributed by atoms with Crippen LogP contribution in [0.4, 0.5) is 0 Å². The van der Waals surface area contributed by atoms with Crippen LogP contribution in [-0.2, 0) is 10.3 Å². The molecule has 2 atom stereocenters. The molecule has 3 heteroatoms. The molecular formula is C13H17NO2. The van der Waals surface area contributed by atoms with E-state index in [1.54, 1.807) is 12.4 Å². The second-order valence-corrected chi connectivity index (χ2v) is 5.09. The highest BCUT2D eigenvalue weighted by atomic mass is 16.5. The van der Waals surface area contributed by atoms with Crippen LogP contribution in [0, 0.1) is 6.92 Å². The van der Waals surface area contributed by atoms with Gasteiger partial charge in [-0.1, -0.05) is 0 Å². The van der Waals surface area contributed by atoms with E-state index in [-0.39, 0.29) is 12.2 Å². The molecule has 1 aromatic rings. The molecule has 1 N–H and O–H groups in total. The van der Waals surface area contributed by atoms with E-state index in [1.165, 1.54) is 0 Å². The van der Waals surface area contributed by atoms with Crippen molar-refractivity contribution in [2.45, 2.75) is 50.4 Å². The summed E-state index contributed by atoms with van der Waals surface area (Å²) in [5, 5.41) is 10.8. The zero-order valence-electron chi connectivity index (χ0n) is 9.52. The molecule has 0 radical (unpaired) electrons. The number of aryl methyl sites for hydroxylation is 1. The Labute approximate surface area is 95.5 Å². The Balaban J connectivity index is 1.96. The highest BCUT2D eigenvalue weighted by Gasteiger charge is 2.45. The number of aliphatic hydroxyl groups is 1. The van der Waals surface area contributed by atoms with Gasteiger partial charge in [-0.3, -0.25) is 4.98 Å². The molecule has 1 aromatic heterocycles. The van der Waals surface area contributed by atoms with Crippen molar-refractivity contribution in [3.05, 3.63) is 29.6 Å². The lowest BCUT2D eigenvalue weighted by molar-refractivity contribution is -0.116. The Bertz CT molecular complexity index is 393. The van der Waals surface area contributed by atoms with Crippen LogP contribution in [0.3, 0.4) is 0 Å². The maximum absolute atomic E-state index is 10.8. The number of aromatic nitrogens is 1. The molecule has 2 aliphatic rings. The van der Waals surface area contributed by atoms with Crippen LogP contribution >= 0.6 is 0 Å². The van der Waals surface area contributed by atoms with Gasteiger partial charge < -0.3 is 9.84 Å². The first kappa shape index (κ1) is 10.2. The second kappa shape index (κ2) is 3.54. The van der Waals surface area contributed by atoms with Crippen molar-refractivity contribution in [3.8, 4) is 0 Å². The minimum atomic E-state index is -0.720. The van der Waals surface area contributed by atoms with Gasteiger partial charge in [-0.15, -0.1) is 0 Å². The maximum atomic E-state index is 10.8.